The van der Waals surface area contributed by atoms with Gasteiger partial charge < -0.3 is 20.4 Å². The van der Waals surface area contributed by atoms with Crippen LogP contribution in [-0.2, 0) is 6.42 Å². The molecule has 4 N–H and O–H groups in total. The lowest BCUT2D eigenvalue weighted by molar-refractivity contribution is 0.0681. The molecule has 0 aliphatic heterocycles. The van der Waals surface area contributed by atoms with Crippen LogP contribution in [0.1, 0.15) is 31.8 Å². The maximum absolute atomic E-state index is 11.9. The highest BCUT2D eigenvalue weighted by Gasteiger charge is 2.23. The Balaban J connectivity index is 2.07. The van der Waals surface area contributed by atoms with Gasteiger partial charge in [-0.2, -0.15) is 0 Å². The van der Waals surface area contributed by atoms with E-state index in [1.807, 2.05) is 0 Å². The minimum atomic E-state index is -1.30. The number of fused-ring (bicyclic) bond motifs is 2. The van der Waals surface area contributed by atoms with Crippen LogP contribution in [0.2, 0.25) is 0 Å². The second kappa shape index (κ2) is 6.83. The number of carbonyl (C=O) groups is 2. The summed E-state index contributed by atoms with van der Waals surface area (Å²) in [4.78, 5) is 23.5. The summed E-state index contributed by atoms with van der Waals surface area (Å²) in [6.45, 7) is 0. The average molecular weight is 388 g/mol. The molecular weight excluding hydrogens is 372 g/mol. The zero-order valence-corrected chi connectivity index (χ0v) is 15.1. The highest BCUT2D eigenvalue weighted by atomic mass is 16.4. The normalized spacial score (nSPS) is 11.0. The van der Waals surface area contributed by atoms with Crippen molar-refractivity contribution >= 4 is 33.5 Å². The molecule has 29 heavy (non-hydrogen) atoms. The van der Waals surface area contributed by atoms with Gasteiger partial charge in [0.2, 0.25) is 0 Å². The third-order valence-corrected chi connectivity index (χ3v) is 5.06. The van der Waals surface area contributed by atoms with Crippen molar-refractivity contribution < 1.29 is 30.0 Å². The molecule has 0 aliphatic rings. The van der Waals surface area contributed by atoms with E-state index < -0.39 is 17.7 Å². The van der Waals surface area contributed by atoms with Crippen LogP contribution in [0.4, 0.5) is 0 Å². The zero-order valence-electron chi connectivity index (χ0n) is 15.1. The number of aromatic hydroxyl groups is 2. The van der Waals surface area contributed by atoms with Gasteiger partial charge in [0.25, 0.3) is 0 Å². The fourth-order valence-electron chi connectivity index (χ4n) is 3.76. The second-order valence-corrected chi connectivity index (χ2v) is 6.73. The summed E-state index contributed by atoms with van der Waals surface area (Å²) in [7, 11) is 0. The van der Waals surface area contributed by atoms with Crippen LogP contribution < -0.4 is 0 Å². The summed E-state index contributed by atoms with van der Waals surface area (Å²) in [5.74, 6) is -3.39. The molecule has 0 bridgehead atoms. The van der Waals surface area contributed by atoms with Gasteiger partial charge in [-0.15, -0.1) is 0 Å². The van der Waals surface area contributed by atoms with Crippen LogP contribution >= 0.6 is 0 Å². The molecule has 0 unspecified atom stereocenters. The Morgan fingerprint density at radius 2 is 1.28 bits per heavy atom. The van der Waals surface area contributed by atoms with Gasteiger partial charge in [0.1, 0.15) is 22.6 Å². The summed E-state index contributed by atoms with van der Waals surface area (Å²) in [5.41, 5.74) is 0.0581. The van der Waals surface area contributed by atoms with Crippen LogP contribution in [-0.4, -0.2) is 32.4 Å². The number of hydrogen-bond acceptors (Lipinski definition) is 4. The van der Waals surface area contributed by atoms with Crippen LogP contribution in [0.15, 0.2) is 60.7 Å². The summed E-state index contributed by atoms with van der Waals surface area (Å²) < 4.78 is 0. The molecule has 0 atom stereocenters. The molecule has 0 radical (unpaired) electrons. The molecule has 4 rings (SSSR count). The van der Waals surface area contributed by atoms with Gasteiger partial charge in [0.15, 0.2) is 0 Å². The molecule has 0 amide bonds. The fraction of sp³-hybridized carbons (Fsp3) is 0.0435. The van der Waals surface area contributed by atoms with Crippen molar-refractivity contribution in [2.24, 2.45) is 0 Å². The van der Waals surface area contributed by atoms with Gasteiger partial charge in [-0.1, -0.05) is 48.5 Å². The molecule has 4 aromatic rings. The fourth-order valence-corrected chi connectivity index (χ4v) is 3.76. The van der Waals surface area contributed by atoms with E-state index in [0.717, 1.165) is 0 Å². The second-order valence-electron chi connectivity index (χ2n) is 6.73. The van der Waals surface area contributed by atoms with E-state index in [9.17, 15) is 30.0 Å². The van der Waals surface area contributed by atoms with E-state index in [1.165, 1.54) is 12.1 Å². The van der Waals surface area contributed by atoms with E-state index in [4.69, 9.17) is 0 Å². The average Bonchev–Trinajstić information content (AvgIpc) is 2.69. The SMILES string of the molecule is O=C(O)c1cc2ccccc2c(Cc2c(C(=O)O)c(O)cc3ccccc23)c1O. The van der Waals surface area contributed by atoms with Crippen molar-refractivity contribution in [3.8, 4) is 11.5 Å². The summed E-state index contributed by atoms with van der Waals surface area (Å²) in [6.07, 6.45) is -0.0655. The molecule has 144 valence electrons. The smallest absolute Gasteiger partial charge is 0.339 e. The Labute approximate surface area is 164 Å². The first-order chi connectivity index (χ1) is 13.9. The highest BCUT2D eigenvalue weighted by Crippen LogP contribution is 2.37. The monoisotopic (exact) mass is 388 g/mol. The predicted molar refractivity (Wildman–Crippen MR) is 108 cm³/mol. The van der Waals surface area contributed by atoms with Crippen molar-refractivity contribution in [1.29, 1.82) is 0 Å². The molecule has 0 heterocycles. The number of hydrogen-bond donors (Lipinski definition) is 4. The van der Waals surface area contributed by atoms with Gasteiger partial charge in [0.05, 0.1) is 0 Å². The first-order valence-electron chi connectivity index (χ1n) is 8.82. The lowest BCUT2D eigenvalue weighted by atomic mass is 9.89. The maximum atomic E-state index is 11.9. The Hall–Kier alpha value is -4.06. The molecule has 0 fully saturated rings. The van der Waals surface area contributed by atoms with Crippen LogP contribution in [0.25, 0.3) is 21.5 Å². The minimum Gasteiger partial charge on any atom is -0.507 e. The number of aromatic carboxylic acids is 2. The van der Waals surface area contributed by atoms with Gasteiger partial charge in [0, 0.05) is 12.0 Å². The maximum Gasteiger partial charge on any atom is 0.339 e. The number of carboxylic acids is 2. The summed E-state index contributed by atoms with van der Waals surface area (Å²) in [5, 5.41) is 42.7. The van der Waals surface area contributed by atoms with E-state index in [-0.39, 0.29) is 23.3 Å². The lowest BCUT2D eigenvalue weighted by Crippen LogP contribution is -2.07. The first-order valence-corrected chi connectivity index (χ1v) is 8.82. The highest BCUT2D eigenvalue weighted by molar-refractivity contribution is 6.03. The Bertz CT molecular complexity index is 1310. The molecule has 0 aliphatic carbocycles. The third-order valence-electron chi connectivity index (χ3n) is 5.06. The quantitative estimate of drug-likeness (QED) is 0.412. The van der Waals surface area contributed by atoms with Crippen molar-refractivity contribution in [2.75, 3.05) is 0 Å². The Kier molecular flexibility index (Phi) is 4.31. The summed E-state index contributed by atoms with van der Waals surface area (Å²) >= 11 is 0. The topological polar surface area (TPSA) is 115 Å². The van der Waals surface area contributed by atoms with E-state index in [0.29, 0.717) is 32.7 Å². The van der Waals surface area contributed by atoms with Crippen LogP contribution in [0.5, 0.6) is 11.5 Å². The van der Waals surface area contributed by atoms with E-state index in [1.54, 1.807) is 48.5 Å². The van der Waals surface area contributed by atoms with E-state index >= 15 is 0 Å². The van der Waals surface area contributed by atoms with Crippen LogP contribution in [0.3, 0.4) is 0 Å². The Morgan fingerprint density at radius 3 is 1.86 bits per heavy atom. The van der Waals surface area contributed by atoms with Crippen molar-refractivity contribution in [3.63, 3.8) is 0 Å². The molecule has 6 heteroatoms. The van der Waals surface area contributed by atoms with Crippen LogP contribution in [0, 0.1) is 0 Å². The molecular formula is C23H16O6. The third kappa shape index (κ3) is 3.00. The van der Waals surface area contributed by atoms with Gasteiger partial charge in [-0.3, -0.25) is 0 Å². The van der Waals surface area contributed by atoms with Gasteiger partial charge in [-0.25, -0.2) is 9.59 Å². The molecule has 0 saturated carbocycles. The predicted octanol–water partition coefficient (Wildman–Crippen LogP) is 4.39. The molecule has 0 spiro atoms. The van der Waals surface area contributed by atoms with Crippen molar-refractivity contribution in [3.05, 3.63) is 82.9 Å². The lowest BCUT2D eigenvalue weighted by Gasteiger charge is -2.16. The first kappa shape index (κ1) is 18.3. The van der Waals surface area contributed by atoms with Crippen molar-refractivity contribution in [1.82, 2.24) is 0 Å². The number of benzene rings is 4. The zero-order chi connectivity index (χ0) is 20.7. The molecule has 4 aromatic carbocycles. The number of phenols is 2. The van der Waals surface area contributed by atoms with E-state index in [2.05, 4.69) is 0 Å². The molecule has 0 aromatic heterocycles. The Morgan fingerprint density at radius 1 is 0.724 bits per heavy atom. The number of carboxylic acid groups (broad SMARTS) is 2. The molecule has 6 nitrogen and oxygen atoms in total. The van der Waals surface area contributed by atoms with Gasteiger partial charge >= 0.3 is 11.9 Å². The standard InChI is InChI=1S/C23H16O6/c24-19-10-13-6-2-3-7-14(13)16(20(19)23(28)29)11-17-15-8-4-1-5-12(15)9-18(21(17)25)22(26)27/h1-10,24-25H,11H2,(H,26,27)(H,28,29). The van der Waals surface area contributed by atoms with Gasteiger partial charge in [-0.05, 0) is 39.2 Å². The molecule has 0 saturated heterocycles. The number of rotatable bonds is 4. The largest absolute Gasteiger partial charge is 0.507 e. The summed E-state index contributed by atoms with van der Waals surface area (Å²) in [6, 6.07) is 16.7. The van der Waals surface area contributed by atoms with Crippen molar-refractivity contribution in [2.45, 2.75) is 6.42 Å². The minimum absolute atomic E-state index is 0.0655.